The van der Waals surface area contributed by atoms with Crippen molar-refractivity contribution < 1.29 is 0 Å². The lowest BCUT2D eigenvalue weighted by Gasteiger charge is -1.67. The Morgan fingerprint density at radius 2 is 2.25 bits per heavy atom. The molecule has 46 valence electrons. The highest BCUT2D eigenvalue weighted by atomic mass is 35.5. The number of H-pyrrole nitrogens is 2. The normalized spacial score (nSPS) is 8.00. The Labute approximate surface area is 50.7 Å². The first kappa shape index (κ1) is 7.03. The van der Waals surface area contributed by atoms with Gasteiger partial charge in [-0.25, -0.2) is 9.89 Å². The summed E-state index contributed by atoms with van der Waals surface area (Å²) in [6, 6.07) is 0. The van der Waals surface area contributed by atoms with Crippen molar-refractivity contribution in [1.82, 2.24) is 15.2 Å². The Bertz CT molecular complexity index is 202. The molecule has 0 aromatic carbocycles. The lowest BCUT2D eigenvalue weighted by atomic mass is 11.1. The van der Waals surface area contributed by atoms with E-state index in [2.05, 4.69) is 15.2 Å². The summed E-state index contributed by atoms with van der Waals surface area (Å²) in [7, 11) is 0. The van der Waals surface area contributed by atoms with Crippen LogP contribution in [0.1, 0.15) is 0 Å². The molecule has 6 heteroatoms. The maximum atomic E-state index is 10.0. The molecule has 0 bridgehead atoms. The van der Waals surface area contributed by atoms with Crippen LogP contribution >= 0.6 is 12.4 Å². The van der Waals surface area contributed by atoms with E-state index in [0.29, 0.717) is 0 Å². The van der Waals surface area contributed by atoms with Crippen LogP contribution in [0.2, 0.25) is 0 Å². The lowest BCUT2D eigenvalue weighted by molar-refractivity contribution is 1.05. The molecule has 5 nitrogen and oxygen atoms in total. The predicted molar refractivity (Wildman–Crippen MR) is 30.9 cm³/mol. The van der Waals surface area contributed by atoms with Gasteiger partial charge in [-0.3, -0.25) is 4.98 Å². The number of nitrogen functional groups attached to an aromatic ring is 1. The number of hydrogen-bond donors (Lipinski definition) is 3. The molecule has 0 amide bonds. The van der Waals surface area contributed by atoms with Gasteiger partial charge in [-0.05, 0) is 0 Å². The third-order valence-electron chi connectivity index (χ3n) is 0.519. The molecule has 4 N–H and O–H groups in total. The minimum Gasteiger partial charge on any atom is -0.368 e. The van der Waals surface area contributed by atoms with Gasteiger partial charge in [0.15, 0.2) is 0 Å². The van der Waals surface area contributed by atoms with Crippen molar-refractivity contribution in [1.29, 1.82) is 0 Å². The SMILES string of the molecule is Cl.Nc1n[nH]c(=O)[nH]1. The number of nitrogens with two attached hydrogens (primary N) is 1. The molecule has 1 aromatic rings. The Morgan fingerprint density at radius 3 is 2.38 bits per heavy atom. The Balaban J connectivity index is 0.000000490. The van der Waals surface area contributed by atoms with Crippen molar-refractivity contribution in [2.24, 2.45) is 0 Å². The van der Waals surface area contributed by atoms with E-state index in [1.807, 2.05) is 0 Å². The third-order valence-corrected chi connectivity index (χ3v) is 0.519. The number of hydrogen-bond acceptors (Lipinski definition) is 3. The third kappa shape index (κ3) is 1.27. The smallest absolute Gasteiger partial charge is 0.342 e. The molecule has 0 aliphatic carbocycles. The number of aromatic amines is 2. The molecule has 1 heterocycles. The summed E-state index contributed by atoms with van der Waals surface area (Å²) in [5.74, 6) is 0.116. The van der Waals surface area contributed by atoms with Crippen molar-refractivity contribution in [2.45, 2.75) is 0 Å². The van der Waals surface area contributed by atoms with Crippen molar-refractivity contribution in [3.05, 3.63) is 10.5 Å². The largest absolute Gasteiger partial charge is 0.368 e. The van der Waals surface area contributed by atoms with E-state index in [9.17, 15) is 4.79 Å². The minimum atomic E-state index is -0.377. The summed E-state index contributed by atoms with van der Waals surface area (Å²) in [5, 5.41) is 5.38. The summed E-state index contributed by atoms with van der Waals surface area (Å²) in [6.07, 6.45) is 0. The van der Waals surface area contributed by atoms with Gasteiger partial charge in [0.2, 0.25) is 5.95 Å². The molecule has 0 aliphatic heterocycles. The van der Waals surface area contributed by atoms with Gasteiger partial charge in [-0.2, -0.15) is 0 Å². The van der Waals surface area contributed by atoms with Crippen LogP contribution in [0.4, 0.5) is 5.95 Å². The molecule has 8 heavy (non-hydrogen) atoms. The Kier molecular flexibility index (Phi) is 2.08. The quantitative estimate of drug-likeness (QED) is 0.432. The van der Waals surface area contributed by atoms with Crippen molar-refractivity contribution >= 4 is 18.4 Å². The van der Waals surface area contributed by atoms with Gasteiger partial charge in [-0.1, -0.05) is 0 Å². The zero-order chi connectivity index (χ0) is 5.28. The van der Waals surface area contributed by atoms with Gasteiger partial charge in [0.05, 0.1) is 0 Å². The minimum absolute atomic E-state index is 0. The first-order valence-corrected chi connectivity index (χ1v) is 1.69. The summed E-state index contributed by atoms with van der Waals surface area (Å²) < 4.78 is 0. The van der Waals surface area contributed by atoms with E-state index in [-0.39, 0.29) is 24.0 Å². The number of aromatic nitrogens is 3. The maximum Gasteiger partial charge on any atom is 0.342 e. The van der Waals surface area contributed by atoms with Gasteiger partial charge in [0, 0.05) is 0 Å². The van der Waals surface area contributed by atoms with E-state index >= 15 is 0 Å². The fraction of sp³-hybridized carbons (Fsp3) is 0. The fourth-order valence-electron chi connectivity index (χ4n) is 0.283. The van der Waals surface area contributed by atoms with Gasteiger partial charge in [-0.15, -0.1) is 17.5 Å². The molecular weight excluding hydrogens is 132 g/mol. The van der Waals surface area contributed by atoms with Crippen molar-refractivity contribution in [3.8, 4) is 0 Å². The molecule has 0 fully saturated rings. The second kappa shape index (κ2) is 2.37. The highest BCUT2D eigenvalue weighted by Gasteiger charge is 1.83. The number of nitrogens with zero attached hydrogens (tertiary/aromatic N) is 1. The van der Waals surface area contributed by atoms with E-state index in [1.54, 1.807) is 0 Å². The summed E-state index contributed by atoms with van der Waals surface area (Å²) in [4.78, 5) is 12.2. The molecule has 1 rings (SSSR count). The first-order chi connectivity index (χ1) is 3.29. The Morgan fingerprint density at radius 1 is 1.62 bits per heavy atom. The Hall–Kier alpha value is -0.970. The molecule has 0 unspecified atom stereocenters. The van der Waals surface area contributed by atoms with E-state index in [4.69, 9.17) is 5.73 Å². The van der Waals surface area contributed by atoms with Crippen LogP contribution in [0.5, 0.6) is 0 Å². The van der Waals surface area contributed by atoms with Crippen LogP contribution in [-0.2, 0) is 0 Å². The second-order valence-electron chi connectivity index (χ2n) is 1.06. The van der Waals surface area contributed by atoms with Gasteiger partial charge >= 0.3 is 5.69 Å². The average molecular weight is 137 g/mol. The van der Waals surface area contributed by atoms with Crippen LogP contribution in [-0.4, -0.2) is 15.2 Å². The molecule has 1 aromatic heterocycles. The molecule has 0 aliphatic rings. The first-order valence-electron chi connectivity index (χ1n) is 1.69. The standard InChI is InChI=1S/C2H4N4O.ClH/c3-1-4-2(7)6-5-1;/h(H4,3,4,5,6,7);1H. The van der Waals surface area contributed by atoms with Gasteiger partial charge < -0.3 is 5.73 Å². The van der Waals surface area contributed by atoms with Crippen LogP contribution in [0.25, 0.3) is 0 Å². The maximum absolute atomic E-state index is 10.0. The molecule has 0 spiro atoms. The van der Waals surface area contributed by atoms with Gasteiger partial charge in [0.1, 0.15) is 0 Å². The van der Waals surface area contributed by atoms with Gasteiger partial charge in [0.25, 0.3) is 0 Å². The molecule has 0 radical (unpaired) electrons. The molecule has 0 saturated carbocycles. The summed E-state index contributed by atoms with van der Waals surface area (Å²) in [6.45, 7) is 0. The monoisotopic (exact) mass is 136 g/mol. The zero-order valence-electron chi connectivity index (χ0n) is 3.84. The van der Waals surface area contributed by atoms with Crippen LogP contribution in [0.3, 0.4) is 0 Å². The zero-order valence-corrected chi connectivity index (χ0v) is 4.66. The van der Waals surface area contributed by atoms with Crippen LogP contribution in [0, 0.1) is 0 Å². The number of anilines is 1. The van der Waals surface area contributed by atoms with E-state index in [0.717, 1.165) is 0 Å². The fourth-order valence-corrected chi connectivity index (χ4v) is 0.283. The predicted octanol–water partition coefficient (Wildman–Crippen LogP) is -0.898. The van der Waals surface area contributed by atoms with Crippen LogP contribution in [0.15, 0.2) is 4.79 Å². The number of nitrogens with one attached hydrogen (secondary N) is 2. The highest BCUT2D eigenvalue weighted by Crippen LogP contribution is 1.71. The van der Waals surface area contributed by atoms with Crippen LogP contribution < -0.4 is 11.4 Å². The summed E-state index contributed by atoms with van der Waals surface area (Å²) >= 11 is 0. The van der Waals surface area contributed by atoms with Crippen molar-refractivity contribution in [3.63, 3.8) is 0 Å². The molecule has 0 saturated heterocycles. The molecule has 0 atom stereocenters. The summed E-state index contributed by atoms with van der Waals surface area (Å²) in [5.41, 5.74) is 4.60. The highest BCUT2D eigenvalue weighted by molar-refractivity contribution is 5.85. The topological polar surface area (TPSA) is 87.6 Å². The van der Waals surface area contributed by atoms with Crippen molar-refractivity contribution in [2.75, 3.05) is 5.73 Å². The van der Waals surface area contributed by atoms with E-state index < -0.39 is 0 Å². The molecular formula is C2H5ClN4O. The van der Waals surface area contributed by atoms with E-state index in [1.165, 1.54) is 0 Å². The average Bonchev–Trinajstić information content (AvgIpc) is 1.87. The second-order valence-corrected chi connectivity index (χ2v) is 1.06. The number of halogens is 1. The lowest BCUT2D eigenvalue weighted by Crippen LogP contribution is -2.00. The number of rotatable bonds is 0.